The molecule has 0 heterocycles. The SMILES string of the molecule is CC(C)(C)[C@H](N)C(=O)N(CC(=O)O)CC(=O)O. The molecule has 0 aliphatic rings. The first kappa shape index (κ1) is 15.4. The molecule has 98 valence electrons. The Bertz CT molecular complexity index is 305. The Kier molecular flexibility index (Phi) is 5.09. The molecule has 1 atom stereocenters. The number of rotatable bonds is 5. The molecule has 0 bridgehead atoms. The molecule has 0 unspecified atom stereocenters. The normalized spacial score (nSPS) is 12.9. The topological polar surface area (TPSA) is 121 Å². The summed E-state index contributed by atoms with van der Waals surface area (Å²) in [4.78, 5) is 33.6. The first-order valence-corrected chi connectivity index (χ1v) is 5.03. The van der Waals surface area contributed by atoms with Gasteiger partial charge in [-0.05, 0) is 5.41 Å². The van der Waals surface area contributed by atoms with E-state index in [2.05, 4.69) is 0 Å². The van der Waals surface area contributed by atoms with Gasteiger partial charge in [-0.1, -0.05) is 20.8 Å². The zero-order chi connectivity index (χ0) is 13.8. The zero-order valence-electron chi connectivity index (χ0n) is 10.1. The first-order valence-electron chi connectivity index (χ1n) is 5.03. The van der Waals surface area contributed by atoms with Crippen molar-refractivity contribution in [2.75, 3.05) is 13.1 Å². The van der Waals surface area contributed by atoms with Gasteiger partial charge in [-0.3, -0.25) is 14.4 Å². The highest BCUT2D eigenvalue weighted by Crippen LogP contribution is 2.19. The van der Waals surface area contributed by atoms with Crippen LogP contribution in [-0.4, -0.2) is 52.1 Å². The van der Waals surface area contributed by atoms with Gasteiger partial charge in [-0.25, -0.2) is 0 Å². The standard InChI is InChI=1S/C10H18N2O5/c1-10(2,3)8(11)9(17)12(4-6(13)14)5-7(15)16/h8H,4-5,11H2,1-3H3,(H,13,14)(H,15,16)/t8-/m1/s1. The average molecular weight is 246 g/mol. The number of carboxylic acids is 2. The third kappa shape index (κ3) is 5.30. The van der Waals surface area contributed by atoms with Crippen molar-refractivity contribution in [1.82, 2.24) is 4.90 Å². The number of nitrogens with zero attached hydrogens (tertiary/aromatic N) is 1. The Morgan fingerprint density at radius 2 is 1.47 bits per heavy atom. The van der Waals surface area contributed by atoms with Crippen molar-refractivity contribution >= 4 is 17.8 Å². The Labute approximate surface area is 99.2 Å². The number of carbonyl (C=O) groups excluding carboxylic acids is 1. The average Bonchev–Trinajstić information content (AvgIpc) is 2.11. The molecule has 7 nitrogen and oxygen atoms in total. The van der Waals surface area contributed by atoms with Crippen molar-refractivity contribution in [1.29, 1.82) is 0 Å². The summed E-state index contributed by atoms with van der Waals surface area (Å²) in [7, 11) is 0. The lowest BCUT2D eigenvalue weighted by atomic mass is 9.86. The second-order valence-electron chi connectivity index (χ2n) is 4.83. The zero-order valence-corrected chi connectivity index (χ0v) is 10.1. The Balaban J connectivity index is 4.86. The van der Waals surface area contributed by atoms with Crippen LogP contribution in [-0.2, 0) is 14.4 Å². The van der Waals surface area contributed by atoms with Crippen LogP contribution in [0.25, 0.3) is 0 Å². The molecule has 0 aromatic heterocycles. The van der Waals surface area contributed by atoms with Crippen molar-refractivity contribution in [3.63, 3.8) is 0 Å². The van der Waals surface area contributed by atoms with Gasteiger partial charge in [-0.2, -0.15) is 0 Å². The summed E-state index contributed by atoms with van der Waals surface area (Å²) < 4.78 is 0. The van der Waals surface area contributed by atoms with Gasteiger partial charge in [0, 0.05) is 0 Å². The quantitative estimate of drug-likeness (QED) is 0.593. The van der Waals surface area contributed by atoms with Gasteiger partial charge in [0.25, 0.3) is 0 Å². The van der Waals surface area contributed by atoms with Crippen LogP contribution >= 0.6 is 0 Å². The van der Waals surface area contributed by atoms with Crippen LogP contribution in [0.2, 0.25) is 0 Å². The van der Waals surface area contributed by atoms with Crippen molar-refractivity contribution in [2.24, 2.45) is 11.1 Å². The highest BCUT2D eigenvalue weighted by Gasteiger charge is 2.32. The summed E-state index contributed by atoms with van der Waals surface area (Å²) in [5.41, 5.74) is 5.11. The van der Waals surface area contributed by atoms with Crippen molar-refractivity contribution in [3.8, 4) is 0 Å². The largest absolute Gasteiger partial charge is 0.480 e. The molecule has 4 N–H and O–H groups in total. The third-order valence-corrected chi connectivity index (χ3v) is 2.16. The molecule has 0 aromatic rings. The van der Waals surface area contributed by atoms with E-state index >= 15 is 0 Å². The lowest BCUT2D eigenvalue weighted by Gasteiger charge is -2.30. The van der Waals surface area contributed by atoms with Crippen LogP contribution < -0.4 is 5.73 Å². The van der Waals surface area contributed by atoms with E-state index in [0.29, 0.717) is 0 Å². The van der Waals surface area contributed by atoms with Gasteiger partial charge in [0.05, 0.1) is 6.04 Å². The number of carbonyl (C=O) groups is 3. The van der Waals surface area contributed by atoms with E-state index in [1.807, 2.05) is 0 Å². The van der Waals surface area contributed by atoms with Crippen LogP contribution in [0, 0.1) is 5.41 Å². The second-order valence-corrected chi connectivity index (χ2v) is 4.83. The molecule has 0 fully saturated rings. The molecule has 7 heteroatoms. The van der Waals surface area contributed by atoms with Crippen LogP contribution in [0.5, 0.6) is 0 Å². The van der Waals surface area contributed by atoms with Gasteiger partial charge in [-0.15, -0.1) is 0 Å². The molecule has 0 spiro atoms. The smallest absolute Gasteiger partial charge is 0.323 e. The minimum atomic E-state index is -1.28. The number of carboxylic acid groups (broad SMARTS) is 2. The van der Waals surface area contributed by atoms with Gasteiger partial charge in [0.1, 0.15) is 13.1 Å². The lowest BCUT2D eigenvalue weighted by Crippen LogP contribution is -2.52. The van der Waals surface area contributed by atoms with Crippen LogP contribution in [0.3, 0.4) is 0 Å². The second kappa shape index (κ2) is 5.62. The van der Waals surface area contributed by atoms with Crippen molar-refractivity contribution in [3.05, 3.63) is 0 Å². The van der Waals surface area contributed by atoms with Gasteiger partial charge >= 0.3 is 11.9 Å². The lowest BCUT2D eigenvalue weighted by molar-refractivity contribution is -0.150. The van der Waals surface area contributed by atoms with Crippen LogP contribution in [0.4, 0.5) is 0 Å². The summed E-state index contributed by atoms with van der Waals surface area (Å²) in [6.07, 6.45) is 0. The molecule has 0 rings (SSSR count). The Hall–Kier alpha value is -1.63. The number of hydrogen-bond acceptors (Lipinski definition) is 4. The summed E-state index contributed by atoms with van der Waals surface area (Å²) >= 11 is 0. The van der Waals surface area contributed by atoms with E-state index in [4.69, 9.17) is 15.9 Å². The fourth-order valence-electron chi connectivity index (χ4n) is 1.11. The maximum Gasteiger partial charge on any atom is 0.323 e. The van der Waals surface area contributed by atoms with Gasteiger partial charge in [0.15, 0.2) is 0 Å². The molecule has 0 aromatic carbocycles. The first-order chi connectivity index (χ1) is 7.55. The molecule has 0 saturated carbocycles. The molecule has 1 amide bonds. The fourth-order valence-corrected chi connectivity index (χ4v) is 1.11. The predicted octanol–water partition coefficient (Wildman–Crippen LogP) is -0.642. The summed E-state index contributed by atoms with van der Waals surface area (Å²) in [5, 5.41) is 17.2. The number of hydrogen-bond donors (Lipinski definition) is 3. The minimum Gasteiger partial charge on any atom is -0.480 e. The van der Waals surface area contributed by atoms with E-state index in [1.54, 1.807) is 20.8 Å². The van der Waals surface area contributed by atoms with E-state index in [0.717, 1.165) is 4.90 Å². The van der Waals surface area contributed by atoms with E-state index in [1.165, 1.54) is 0 Å². The molecule has 0 saturated heterocycles. The molecule has 0 aliphatic heterocycles. The number of aliphatic carboxylic acids is 2. The molecular weight excluding hydrogens is 228 g/mol. The Morgan fingerprint density at radius 1 is 1.12 bits per heavy atom. The van der Waals surface area contributed by atoms with Gasteiger partial charge < -0.3 is 20.8 Å². The van der Waals surface area contributed by atoms with E-state index in [9.17, 15) is 14.4 Å². The fraction of sp³-hybridized carbons (Fsp3) is 0.700. The molecular formula is C10H18N2O5. The summed E-state index contributed by atoms with van der Waals surface area (Å²) in [6.45, 7) is 3.81. The van der Waals surface area contributed by atoms with Gasteiger partial charge in [0.2, 0.25) is 5.91 Å². The molecule has 0 aliphatic carbocycles. The minimum absolute atomic E-state index is 0.563. The number of amides is 1. The predicted molar refractivity (Wildman–Crippen MR) is 59.3 cm³/mol. The maximum absolute atomic E-state index is 11.8. The highest BCUT2D eigenvalue weighted by atomic mass is 16.4. The Morgan fingerprint density at radius 3 is 1.71 bits per heavy atom. The third-order valence-electron chi connectivity index (χ3n) is 2.16. The molecule has 17 heavy (non-hydrogen) atoms. The highest BCUT2D eigenvalue weighted by molar-refractivity contribution is 5.88. The monoisotopic (exact) mass is 246 g/mol. The van der Waals surface area contributed by atoms with Crippen LogP contribution in [0.1, 0.15) is 20.8 Å². The molecule has 0 radical (unpaired) electrons. The van der Waals surface area contributed by atoms with Crippen LogP contribution in [0.15, 0.2) is 0 Å². The summed E-state index contributed by atoms with van der Waals surface area (Å²) in [5.74, 6) is -3.23. The van der Waals surface area contributed by atoms with E-state index in [-0.39, 0.29) is 0 Å². The van der Waals surface area contributed by atoms with Crippen molar-refractivity contribution < 1.29 is 24.6 Å². The maximum atomic E-state index is 11.8. The van der Waals surface area contributed by atoms with E-state index < -0.39 is 42.4 Å². The number of nitrogens with two attached hydrogens (primary N) is 1. The van der Waals surface area contributed by atoms with Crippen molar-refractivity contribution in [2.45, 2.75) is 26.8 Å². The summed E-state index contributed by atoms with van der Waals surface area (Å²) in [6, 6.07) is -0.943.